The normalized spacial score (nSPS) is 15.4. The number of hydrogen-bond acceptors (Lipinski definition) is 5. The van der Waals surface area contributed by atoms with Crippen molar-refractivity contribution >= 4 is 17.9 Å². The zero-order valence-corrected chi connectivity index (χ0v) is 20.3. The van der Waals surface area contributed by atoms with Crippen LogP contribution in [0.1, 0.15) is 44.2 Å². The van der Waals surface area contributed by atoms with Gasteiger partial charge in [-0.05, 0) is 80.7 Å². The molecular formula is C30H30O5. The summed E-state index contributed by atoms with van der Waals surface area (Å²) in [5.74, 6) is 7.34. The number of rotatable bonds is 10. The van der Waals surface area contributed by atoms with E-state index in [1.807, 2.05) is 62.4 Å². The Bertz CT molecular complexity index is 1100. The molecule has 0 bridgehead atoms. The van der Waals surface area contributed by atoms with Crippen LogP contribution in [0.3, 0.4) is 0 Å². The van der Waals surface area contributed by atoms with E-state index >= 15 is 0 Å². The third-order valence-electron chi connectivity index (χ3n) is 5.31. The molecule has 1 saturated carbocycles. The lowest BCUT2D eigenvalue weighted by Gasteiger charge is -2.17. The SMILES string of the molecule is C#CCOc1ccc(/C=C2\CCC/C(=C\c3ccc(OCC#C)c(OCC)c3)C2=O)cc1OCC. The van der Waals surface area contributed by atoms with Crippen LogP contribution in [0.4, 0.5) is 0 Å². The minimum Gasteiger partial charge on any atom is -0.490 e. The predicted molar refractivity (Wildman–Crippen MR) is 139 cm³/mol. The Morgan fingerprint density at radius 2 is 1.20 bits per heavy atom. The molecule has 0 unspecified atom stereocenters. The van der Waals surface area contributed by atoms with Crippen molar-refractivity contribution in [1.82, 2.24) is 0 Å². The van der Waals surface area contributed by atoms with Gasteiger partial charge in [-0.1, -0.05) is 24.0 Å². The van der Waals surface area contributed by atoms with Crippen LogP contribution in [0.25, 0.3) is 12.2 Å². The number of benzene rings is 2. The van der Waals surface area contributed by atoms with Crippen LogP contribution < -0.4 is 18.9 Å². The number of hydrogen-bond donors (Lipinski definition) is 0. The average molecular weight is 471 g/mol. The van der Waals surface area contributed by atoms with E-state index in [2.05, 4.69) is 11.8 Å². The molecule has 3 rings (SSSR count). The summed E-state index contributed by atoms with van der Waals surface area (Å²) in [6.45, 7) is 5.12. The molecule has 1 fully saturated rings. The van der Waals surface area contributed by atoms with Gasteiger partial charge in [0.25, 0.3) is 0 Å². The third-order valence-corrected chi connectivity index (χ3v) is 5.31. The van der Waals surface area contributed by atoms with Gasteiger partial charge >= 0.3 is 0 Å². The van der Waals surface area contributed by atoms with Crippen LogP contribution in [0.5, 0.6) is 23.0 Å². The highest BCUT2D eigenvalue weighted by Gasteiger charge is 2.21. The molecule has 0 radical (unpaired) electrons. The number of Topliss-reactive ketones (excluding diaryl/α,β-unsaturated/α-hetero) is 1. The minimum absolute atomic E-state index is 0.0486. The molecule has 0 aromatic heterocycles. The number of allylic oxidation sites excluding steroid dienone is 2. The number of carbonyl (C=O) groups is 1. The zero-order valence-electron chi connectivity index (χ0n) is 20.3. The van der Waals surface area contributed by atoms with Crippen LogP contribution in [0, 0.1) is 24.7 Å². The Labute approximate surface area is 207 Å². The fourth-order valence-electron chi connectivity index (χ4n) is 3.82. The monoisotopic (exact) mass is 470 g/mol. The Morgan fingerprint density at radius 3 is 1.60 bits per heavy atom. The van der Waals surface area contributed by atoms with E-state index in [0.29, 0.717) is 36.2 Å². The molecule has 35 heavy (non-hydrogen) atoms. The minimum atomic E-state index is 0.0486. The maximum atomic E-state index is 13.3. The fraction of sp³-hybridized carbons (Fsp3) is 0.300. The maximum Gasteiger partial charge on any atom is 0.185 e. The van der Waals surface area contributed by atoms with Gasteiger partial charge in [0, 0.05) is 11.1 Å². The Kier molecular flexibility index (Phi) is 9.46. The summed E-state index contributed by atoms with van der Waals surface area (Å²) in [6, 6.07) is 11.2. The fourth-order valence-corrected chi connectivity index (χ4v) is 3.82. The summed E-state index contributed by atoms with van der Waals surface area (Å²) in [5, 5.41) is 0. The lowest BCUT2D eigenvalue weighted by molar-refractivity contribution is -0.112. The average Bonchev–Trinajstić information content (AvgIpc) is 2.86. The van der Waals surface area contributed by atoms with Crippen molar-refractivity contribution < 1.29 is 23.7 Å². The first kappa shape index (κ1) is 25.5. The van der Waals surface area contributed by atoms with Crippen molar-refractivity contribution in [2.45, 2.75) is 33.1 Å². The number of ether oxygens (including phenoxy) is 4. The highest BCUT2D eigenvalue weighted by atomic mass is 16.5. The molecule has 0 aliphatic heterocycles. The maximum absolute atomic E-state index is 13.3. The Balaban J connectivity index is 1.85. The summed E-state index contributed by atoms with van der Waals surface area (Å²) >= 11 is 0. The van der Waals surface area contributed by atoms with Crippen LogP contribution in [0.15, 0.2) is 47.5 Å². The number of terminal acetylenes is 2. The molecule has 0 saturated heterocycles. The van der Waals surface area contributed by atoms with Crippen molar-refractivity contribution in [2.75, 3.05) is 26.4 Å². The molecule has 0 spiro atoms. The van der Waals surface area contributed by atoms with Crippen LogP contribution in [-0.2, 0) is 4.79 Å². The standard InChI is InChI=1S/C30H30O5/c1-5-16-34-26-14-12-22(20-28(26)32-7-3)18-24-10-9-11-25(30(24)31)19-23-13-15-27(35-17-6-2)29(21-23)33-8-4/h1-2,12-15,18-21H,7-11,16-17H2,3-4H3/b24-18+,25-19+. The second-order valence-electron chi connectivity index (χ2n) is 7.79. The van der Waals surface area contributed by atoms with Gasteiger partial charge in [-0.15, -0.1) is 12.8 Å². The third kappa shape index (κ3) is 6.95. The quantitative estimate of drug-likeness (QED) is 0.328. The van der Waals surface area contributed by atoms with Crippen molar-refractivity contribution in [2.24, 2.45) is 0 Å². The van der Waals surface area contributed by atoms with Crippen LogP contribution in [0.2, 0.25) is 0 Å². The van der Waals surface area contributed by atoms with Gasteiger partial charge in [0.05, 0.1) is 13.2 Å². The van der Waals surface area contributed by atoms with E-state index in [1.54, 1.807) is 0 Å². The number of carbonyl (C=O) groups excluding carboxylic acids is 1. The van der Waals surface area contributed by atoms with Gasteiger partial charge in [0.2, 0.25) is 0 Å². The first-order valence-corrected chi connectivity index (χ1v) is 11.7. The predicted octanol–water partition coefficient (Wildman–Crippen LogP) is 5.73. The summed E-state index contributed by atoms with van der Waals surface area (Å²) in [4.78, 5) is 13.3. The van der Waals surface area contributed by atoms with Gasteiger partial charge < -0.3 is 18.9 Å². The molecule has 5 heteroatoms. The topological polar surface area (TPSA) is 54.0 Å². The van der Waals surface area contributed by atoms with Gasteiger partial charge in [0.15, 0.2) is 28.8 Å². The van der Waals surface area contributed by atoms with E-state index in [4.69, 9.17) is 31.8 Å². The van der Waals surface area contributed by atoms with Crippen molar-refractivity contribution in [3.8, 4) is 47.7 Å². The molecule has 0 amide bonds. The van der Waals surface area contributed by atoms with Gasteiger partial charge in [-0.3, -0.25) is 4.79 Å². The second-order valence-corrected chi connectivity index (χ2v) is 7.79. The largest absolute Gasteiger partial charge is 0.490 e. The van der Waals surface area contributed by atoms with Gasteiger partial charge in [-0.25, -0.2) is 0 Å². The van der Waals surface area contributed by atoms with Crippen LogP contribution >= 0.6 is 0 Å². The molecule has 0 heterocycles. The van der Waals surface area contributed by atoms with Crippen molar-refractivity contribution in [3.63, 3.8) is 0 Å². The van der Waals surface area contributed by atoms with E-state index < -0.39 is 0 Å². The molecule has 1 aliphatic rings. The summed E-state index contributed by atoms with van der Waals surface area (Å²) < 4.78 is 22.5. The summed E-state index contributed by atoms with van der Waals surface area (Å²) in [5.41, 5.74) is 3.28. The first-order valence-electron chi connectivity index (χ1n) is 11.7. The molecule has 0 atom stereocenters. The van der Waals surface area contributed by atoms with E-state index in [0.717, 1.165) is 41.5 Å². The molecule has 0 N–H and O–H groups in total. The molecule has 2 aromatic carbocycles. The second kappa shape index (κ2) is 13.0. The van der Waals surface area contributed by atoms with E-state index in [-0.39, 0.29) is 19.0 Å². The highest BCUT2D eigenvalue weighted by molar-refractivity contribution is 6.14. The van der Waals surface area contributed by atoms with Gasteiger partial charge in [0.1, 0.15) is 13.2 Å². The summed E-state index contributed by atoms with van der Waals surface area (Å²) in [6.07, 6.45) is 16.8. The van der Waals surface area contributed by atoms with Crippen LogP contribution in [-0.4, -0.2) is 32.2 Å². The highest BCUT2D eigenvalue weighted by Crippen LogP contribution is 2.34. The number of ketones is 1. The van der Waals surface area contributed by atoms with E-state index in [9.17, 15) is 4.79 Å². The van der Waals surface area contributed by atoms with Gasteiger partial charge in [-0.2, -0.15) is 0 Å². The van der Waals surface area contributed by atoms with E-state index in [1.165, 1.54) is 0 Å². The van der Waals surface area contributed by atoms with Crippen molar-refractivity contribution in [1.29, 1.82) is 0 Å². The molecule has 1 aliphatic carbocycles. The molecule has 5 nitrogen and oxygen atoms in total. The zero-order chi connectivity index (χ0) is 25.0. The summed E-state index contributed by atoms with van der Waals surface area (Å²) in [7, 11) is 0. The lowest BCUT2D eigenvalue weighted by atomic mass is 9.87. The molecule has 180 valence electrons. The Hall–Kier alpha value is -4.09. The first-order chi connectivity index (χ1) is 17.1. The Morgan fingerprint density at radius 1 is 0.743 bits per heavy atom. The molecule has 2 aromatic rings. The molecular weight excluding hydrogens is 440 g/mol. The smallest absolute Gasteiger partial charge is 0.185 e. The van der Waals surface area contributed by atoms with Crippen molar-refractivity contribution in [3.05, 3.63) is 58.7 Å². The lowest BCUT2D eigenvalue weighted by Crippen LogP contribution is -2.12.